The van der Waals surface area contributed by atoms with Crippen molar-refractivity contribution >= 4 is 23.4 Å². The molecule has 0 bridgehead atoms. The Morgan fingerprint density at radius 2 is 1.85 bits per heavy atom. The monoisotopic (exact) mass is 357 g/mol. The number of nitrogens with one attached hydrogen (secondary N) is 2. The molecule has 1 atom stereocenters. The highest BCUT2D eigenvalue weighted by atomic mass is 16.3. The largest absolute Gasteiger partial charge is 0.459 e. The van der Waals surface area contributed by atoms with Gasteiger partial charge in [-0.05, 0) is 51.1 Å². The van der Waals surface area contributed by atoms with Gasteiger partial charge in [0.1, 0.15) is 6.04 Å². The molecule has 0 fully saturated rings. The number of hydrogen-bond acceptors (Lipinski definition) is 4. The lowest BCUT2D eigenvalue weighted by atomic mass is 10.1. The average Bonchev–Trinajstić information content (AvgIpc) is 3.17. The molecule has 2 aromatic rings. The lowest BCUT2D eigenvalue weighted by Crippen LogP contribution is -2.41. The lowest BCUT2D eigenvalue weighted by Gasteiger charge is -2.19. The van der Waals surface area contributed by atoms with Crippen LogP contribution in [-0.2, 0) is 4.79 Å². The quantitative estimate of drug-likeness (QED) is 0.796. The molecule has 7 heteroatoms. The first-order valence-electron chi connectivity index (χ1n) is 8.50. The Kier molecular flexibility index (Phi) is 6.54. The third-order valence-electron chi connectivity index (χ3n) is 3.91. The first-order valence-corrected chi connectivity index (χ1v) is 8.50. The van der Waals surface area contributed by atoms with E-state index in [1.54, 1.807) is 42.2 Å². The molecule has 0 spiro atoms. The predicted molar refractivity (Wildman–Crippen MR) is 98.0 cm³/mol. The maximum absolute atomic E-state index is 12.4. The van der Waals surface area contributed by atoms with Crippen LogP contribution < -0.4 is 10.6 Å². The van der Waals surface area contributed by atoms with Crippen molar-refractivity contribution in [2.45, 2.75) is 26.8 Å². The van der Waals surface area contributed by atoms with Gasteiger partial charge in [0.15, 0.2) is 5.76 Å². The van der Waals surface area contributed by atoms with Crippen LogP contribution in [0.2, 0.25) is 0 Å². The van der Waals surface area contributed by atoms with E-state index in [0.717, 1.165) is 0 Å². The van der Waals surface area contributed by atoms with Gasteiger partial charge in [0.25, 0.3) is 11.8 Å². The summed E-state index contributed by atoms with van der Waals surface area (Å²) in [7, 11) is 0. The summed E-state index contributed by atoms with van der Waals surface area (Å²) in [5.41, 5.74) is 0.992. The van der Waals surface area contributed by atoms with E-state index in [2.05, 4.69) is 10.6 Å². The van der Waals surface area contributed by atoms with E-state index in [4.69, 9.17) is 4.42 Å². The molecule has 3 amide bonds. The third-order valence-corrected chi connectivity index (χ3v) is 3.91. The van der Waals surface area contributed by atoms with Crippen LogP contribution in [-0.4, -0.2) is 41.8 Å². The Morgan fingerprint density at radius 1 is 1.12 bits per heavy atom. The zero-order chi connectivity index (χ0) is 19.1. The first-order chi connectivity index (χ1) is 12.5. The van der Waals surface area contributed by atoms with Crippen LogP contribution in [0.15, 0.2) is 47.1 Å². The summed E-state index contributed by atoms with van der Waals surface area (Å²) in [4.78, 5) is 38.3. The number of rotatable bonds is 7. The summed E-state index contributed by atoms with van der Waals surface area (Å²) in [6.45, 7) is 6.62. The van der Waals surface area contributed by atoms with E-state index in [9.17, 15) is 14.4 Å². The van der Waals surface area contributed by atoms with Crippen LogP contribution in [0, 0.1) is 0 Å². The summed E-state index contributed by atoms with van der Waals surface area (Å²) in [6, 6.07) is 9.07. The molecule has 0 radical (unpaired) electrons. The van der Waals surface area contributed by atoms with Gasteiger partial charge < -0.3 is 20.0 Å². The molecule has 0 saturated heterocycles. The molecule has 1 heterocycles. The Morgan fingerprint density at radius 3 is 2.46 bits per heavy atom. The molecule has 0 aliphatic heterocycles. The van der Waals surface area contributed by atoms with E-state index in [-0.39, 0.29) is 11.7 Å². The highest BCUT2D eigenvalue weighted by Crippen LogP contribution is 2.13. The summed E-state index contributed by atoms with van der Waals surface area (Å²) in [5, 5.41) is 5.26. The van der Waals surface area contributed by atoms with Crippen molar-refractivity contribution in [1.82, 2.24) is 10.2 Å². The van der Waals surface area contributed by atoms with Gasteiger partial charge >= 0.3 is 0 Å². The fraction of sp³-hybridized carbons (Fsp3) is 0.316. The number of nitrogens with zero attached hydrogens (tertiary/aromatic N) is 1. The molecule has 138 valence electrons. The van der Waals surface area contributed by atoms with Gasteiger partial charge in [-0.2, -0.15) is 0 Å². The van der Waals surface area contributed by atoms with Crippen molar-refractivity contribution in [3.63, 3.8) is 0 Å². The van der Waals surface area contributed by atoms with Gasteiger partial charge in [-0.25, -0.2) is 0 Å². The van der Waals surface area contributed by atoms with Gasteiger partial charge in [-0.3, -0.25) is 14.4 Å². The normalized spacial score (nSPS) is 11.5. The summed E-state index contributed by atoms with van der Waals surface area (Å²) >= 11 is 0. The van der Waals surface area contributed by atoms with Crippen molar-refractivity contribution in [2.24, 2.45) is 0 Å². The number of amides is 3. The maximum Gasteiger partial charge on any atom is 0.287 e. The van der Waals surface area contributed by atoms with E-state index < -0.39 is 17.9 Å². The van der Waals surface area contributed by atoms with Crippen molar-refractivity contribution in [3.05, 3.63) is 54.0 Å². The molecule has 1 aromatic heterocycles. The number of benzene rings is 1. The zero-order valence-electron chi connectivity index (χ0n) is 15.1. The molecule has 1 unspecified atom stereocenters. The molecule has 2 rings (SSSR count). The second kappa shape index (κ2) is 8.84. The predicted octanol–water partition coefficient (Wildman–Crippen LogP) is 2.52. The van der Waals surface area contributed by atoms with Gasteiger partial charge in [0, 0.05) is 24.3 Å². The standard InChI is InChI=1S/C19H23N3O4/c1-4-22(5-2)19(25)14-8-6-9-15(12-14)21-17(23)13(3)20-18(24)16-10-7-11-26-16/h6-13H,4-5H2,1-3H3,(H,20,24)(H,21,23). The number of furan rings is 1. The minimum absolute atomic E-state index is 0.0923. The average molecular weight is 357 g/mol. The molecule has 0 aliphatic carbocycles. The third kappa shape index (κ3) is 4.72. The van der Waals surface area contributed by atoms with Crippen molar-refractivity contribution in [3.8, 4) is 0 Å². The highest BCUT2D eigenvalue weighted by molar-refractivity contribution is 6.01. The second-order valence-corrected chi connectivity index (χ2v) is 5.72. The summed E-state index contributed by atoms with van der Waals surface area (Å²) < 4.78 is 4.99. The van der Waals surface area contributed by atoms with Crippen LogP contribution in [0.25, 0.3) is 0 Å². The minimum Gasteiger partial charge on any atom is -0.459 e. The second-order valence-electron chi connectivity index (χ2n) is 5.72. The van der Waals surface area contributed by atoms with Crippen molar-refractivity contribution in [2.75, 3.05) is 18.4 Å². The lowest BCUT2D eigenvalue weighted by molar-refractivity contribution is -0.117. The van der Waals surface area contributed by atoms with Crippen LogP contribution in [0.5, 0.6) is 0 Å². The number of anilines is 1. The Hall–Kier alpha value is -3.09. The molecule has 0 aliphatic rings. The maximum atomic E-state index is 12.4. The van der Waals surface area contributed by atoms with Gasteiger partial charge in [0.2, 0.25) is 5.91 Å². The van der Waals surface area contributed by atoms with E-state index in [1.165, 1.54) is 12.3 Å². The Labute approximate surface area is 152 Å². The van der Waals surface area contributed by atoms with Crippen LogP contribution in [0.3, 0.4) is 0 Å². The molecular formula is C19H23N3O4. The molecule has 2 N–H and O–H groups in total. The van der Waals surface area contributed by atoms with E-state index in [1.807, 2.05) is 13.8 Å². The van der Waals surface area contributed by atoms with Crippen LogP contribution in [0.4, 0.5) is 5.69 Å². The summed E-state index contributed by atoms with van der Waals surface area (Å²) in [5.74, 6) is -0.817. The van der Waals surface area contributed by atoms with Gasteiger partial charge in [0.05, 0.1) is 6.26 Å². The van der Waals surface area contributed by atoms with Crippen LogP contribution in [0.1, 0.15) is 41.7 Å². The molecular weight excluding hydrogens is 334 g/mol. The smallest absolute Gasteiger partial charge is 0.287 e. The van der Waals surface area contributed by atoms with E-state index in [0.29, 0.717) is 24.3 Å². The Bertz CT molecular complexity index is 767. The SMILES string of the molecule is CCN(CC)C(=O)c1cccc(NC(=O)C(C)NC(=O)c2ccco2)c1. The minimum atomic E-state index is -0.769. The van der Waals surface area contributed by atoms with E-state index >= 15 is 0 Å². The number of carbonyl (C=O) groups excluding carboxylic acids is 3. The first kappa shape index (κ1) is 19.2. The fourth-order valence-electron chi connectivity index (χ4n) is 2.41. The van der Waals surface area contributed by atoms with Gasteiger partial charge in [-0.1, -0.05) is 6.07 Å². The van der Waals surface area contributed by atoms with Gasteiger partial charge in [-0.15, -0.1) is 0 Å². The zero-order valence-corrected chi connectivity index (χ0v) is 15.1. The fourth-order valence-corrected chi connectivity index (χ4v) is 2.41. The number of hydrogen-bond donors (Lipinski definition) is 2. The summed E-state index contributed by atoms with van der Waals surface area (Å²) in [6.07, 6.45) is 1.39. The number of carbonyl (C=O) groups is 3. The molecule has 26 heavy (non-hydrogen) atoms. The molecule has 7 nitrogen and oxygen atoms in total. The van der Waals surface area contributed by atoms with Crippen LogP contribution >= 0.6 is 0 Å². The highest BCUT2D eigenvalue weighted by Gasteiger charge is 2.19. The van der Waals surface area contributed by atoms with Crippen molar-refractivity contribution < 1.29 is 18.8 Å². The van der Waals surface area contributed by atoms with Crippen molar-refractivity contribution in [1.29, 1.82) is 0 Å². The molecule has 1 aromatic carbocycles. The molecule has 0 saturated carbocycles. The topological polar surface area (TPSA) is 91.7 Å². The Balaban J connectivity index is 2.01.